The first kappa shape index (κ1) is 23.5. The highest BCUT2D eigenvalue weighted by Crippen LogP contribution is 2.53. The third-order valence-electron chi connectivity index (χ3n) is 7.68. The number of rotatable bonds is 4. The van der Waals surface area contributed by atoms with E-state index in [-0.39, 0.29) is 22.6 Å². The average molecular weight is 525 g/mol. The van der Waals surface area contributed by atoms with E-state index in [2.05, 4.69) is 55.1 Å². The van der Waals surface area contributed by atoms with E-state index < -0.39 is 0 Å². The van der Waals surface area contributed by atoms with Gasteiger partial charge in [-0.05, 0) is 53.6 Å². The number of allylic oxidation sites excluding steroid dienone is 1. The monoisotopic (exact) mass is 524 g/mol. The highest BCUT2D eigenvalue weighted by molar-refractivity contribution is 7.16. The van der Waals surface area contributed by atoms with Crippen molar-refractivity contribution in [2.45, 2.75) is 19.3 Å². The van der Waals surface area contributed by atoms with E-state index in [1.54, 1.807) is 41.7 Å². The smallest absolute Gasteiger partial charge is 0.197 e. The predicted octanol–water partition coefficient (Wildman–Crippen LogP) is 8.38. The molecule has 3 aromatic carbocycles. The molecule has 2 aliphatic rings. The number of ketones is 2. The van der Waals surface area contributed by atoms with Crippen molar-refractivity contribution in [3.05, 3.63) is 136 Å². The Balaban J connectivity index is 1.30. The molecular formula is C34H24N2O2S. The normalized spacial score (nSPS) is 14.7. The second kappa shape index (κ2) is 8.72. The fourth-order valence-corrected chi connectivity index (χ4v) is 6.95. The fraction of sp³-hybridized carbons (Fsp3) is 0.0882. The van der Waals surface area contributed by atoms with E-state index in [0.717, 1.165) is 32.5 Å². The molecule has 188 valence electrons. The summed E-state index contributed by atoms with van der Waals surface area (Å²) in [5, 5.41) is 0. The van der Waals surface area contributed by atoms with Crippen molar-refractivity contribution < 1.29 is 9.59 Å². The number of hydrogen-bond acceptors (Lipinski definition) is 5. The first-order chi connectivity index (χ1) is 18.9. The number of Topliss-reactive ketones (excluding diaryl/α,β-unsaturated/α-hetero) is 2. The van der Waals surface area contributed by atoms with Gasteiger partial charge >= 0.3 is 0 Å². The number of pyridine rings is 1. The van der Waals surface area contributed by atoms with Crippen molar-refractivity contribution >= 4 is 46.2 Å². The Morgan fingerprint density at radius 1 is 0.718 bits per heavy atom. The van der Waals surface area contributed by atoms with Crippen LogP contribution in [0.3, 0.4) is 0 Å². The zero-order valence-corrected chi connectivity index (χ0v) is 22.3. The van der Waals surface area contributed by atoms with Crippen LogP contribution < -0.4 is 4.90 Å². The summed E-state index contributed by atoms with van der Waals surface area (Å²) in [7, 11) is 0. The molecule has 0 saturated carbocycles. The Morgan fingerprint density at radius 3 is 1.87 bits per heavy atom. The second-order valence-electron chi connectivity index (χ2n) is 10.4. The summed E-state index contributed by atoms with van der Waals surface area (Å²) in [6.45, 7) is 4.45. The van der Waals surface area contributed by atoms with Crippen molar-refractivity contribution in [2.24, 2.45) is 0 Å². The fourth-order valence-electron chi connectivity index (χ4n) is 5.67. The van der Waals surface area contributed by atoms with Crippen LogP contribution in [-0.2, 0) is 5.41 Å². The zero-order chi connectivity index (χ0) is 26.7. The number of thiophene rings is 1. The number of anilines is 3. The van der Waals surface area contributed by atoms with Crippen molar-refractivity contribution in [1.29, 1.82) is 0 Å². The molecule has 0 spiro atoms. The van der Waals surface area contributed by atoms with Gasteiger partial charge in [-0.3, -0.25) is 14.5 Å². The van der Waals surface area contributed by atoms with Crippen LogP contribution in [0.5, 0.6) is 0 Å². The molecule has 0 unspecified atom stereocenters. The summed E-state index contributed by atoms with van der Waals surface area (Å²) in [5.74, 6) is 0.464. The Kier molecular flexibility index (Phi) is 5.25. The van der Waals surface area contributed by atoms with Gasteiger partial charge in [-0.15, -0.1) is 11.3 Å². The maximum absolute atomic E-state index is 12.9. The highest BCUT2D eigenvalue weighted by Gasteiger charge is 2.39. The predicted molar refractivity (Wildman–Crippen MR) is 157 cm³/mol. The van der Waals surface area contributed by atoms with E-state index in [9.17, 15) is 9.59 Å². The van der Waals surface area contributed by atoms with Gasteiger partial charge in [0.2, 0.25) is 0 Å². The minimum absolute atomic E-state index is 0.197. The van der Waals surface area contributed by atoms with E-state index in [1.165, 1.54) is 11.1 Å². The number of aromatic nitrogens is 1. The summed E-state index contributed by atoms with van der Waals surface area (Å²) in [4.78, 5) is 35.1. The average Bonchev–Trinajstić information content (AvgIpc) is 3.56. The second-order valence-corrected chi connectivity index (χ2v) is 11.5. The van der Waals surface area contributed by atoms with Crippen LogP contribution >= 0.6 is 11.3 Å². The third kappa shape index (κ3) is 3.62. The molecule has 39 heavy (non-hydrogen) atoms. The van der Waals surface area contributed by atoms with Gasteiger partial charge in [0.1, 0.15) is 5.82 Å². The molecule has 0 N–H and O–H groups in total. The standard InChI is InChI=1S/C34H24N2O2S/c1-34(2)28-19-30(36(21-11-5-3-6-12-21)22-13-7-4-8-14-22)35-20-27(28)33-29(34)18-23(39-33)17-26-31(37)24-15-9-10-16-25(24)32(26)38/h3-20H,1-2H3. The van der Waals surface area contributed by atoms with Crippen LogP contribution in [0.15, 0.2) is 109 Å². The maximum atomic E-state index is 12.9. The van der Waals surface area contributed by atoms with Crippen molar-refractivity contribution in [3.63, 3.8) is 0 Å². The molecular weight excluding hydrogens is 500 g/mol. The van der Waals surface area contributed by atoms with Gasteiger partial charge in [0.05, 0.1) is 5.57 Å². The van der Waals surface area contributed by atoms with Crippen LogP contribution in [0, 0.1) is 0 Å². The SMILES string of the molecule is CC1(C)c2cc(N(c3ccccc3)c3ccccc3)ncc2-c2sc(C=C3C(=O)c4ccccc4C3=O)cc21. The number of nitrogens with zero attached hydrogens (tertiary/aromatic N) is 2. The zero-order valence-electron chi connectivity index (χ0n) is 21.5. The van der Waals surface area contributed by atoms with Gasteiger partial charge in [0.15, 0.2) is 11.6 Å². The molecule has 0 saturated heterocycles. The minimum atomic E-state index is -0.263. The molecule has 5 aromatic rings. The van der Waals surface area contributed by atoms with Crippen molar-refractivity contribution in [1.82, 2.24) is 4.98 Å². The number of carbonyl (C=O) groups excluding carboxylic acids is 2. The Hall–Kier alpha value is -4.61. The van der Waals surface area contributed by atoms with E-state index in [4.69, 9.17) is 4.98 Å². The maximum Gasteiger partial charge on any atom is 0.197 e. The van der Waals surface area contributed by atoms with Crippen LogP contribution in [0.2, 0.25) is 0 Å². The van der Waals surface area contributed by atoms with Gasteiger partial charge in [0, 0.05) is 49.4 Å². The summed E-state index contributed by atoms with van der Waals surface area (Å²) in [6, 6.07) is 31.9. The van der Waals surface area contributed by atoms with Crippen LogP contribution in [0.25, 0.3) is 16.5 Å². The number of benzene rings is 3. The molecule has 2 heterocycles. The van der Waals surface area contributed by atoms with E-state index >= 15 is 0 Å². The summed E-state index contributed by atoms with van der Waals surface area (Å²) in [6.07, 6.45) is 3.73. The van der Waals surface area contributed by atoms with E-state index in [1.807, 2.05) is 42.6 Å². The van der Waals surface area contributed by atoms with Crippen molar-refractivity contribution in [2.75, 3.05) is 4.90 Å². The number of hydrogen-bond donors (Lipinski definition) is 0. The molecule has 5 heteroatoms. The lowest BCUT2D eigenvalue weighted by atomic mass is 9.83. The van der Waals surface area contributed by atoms with Crippen molar-refractivity contribution in [3.8, 4) is 10.4 Å². The number of para-hydroxylation sites is 2. The lowest BCUT2D eigenvalue weighted by Crippen LogP contribution is -2.17. The van der Waals surface area contributed by atoms with Crippen LogP contribution in [0.4, 0.5) is 17.2 Å². The van der Waals surface area contributed by atoms with Gasteiger partial charge in [-0.2, -0.15) is 0 Å². The number of fused-ring (bicyclic) bond motifs is 4. The molecule has 0 amide bonds. The highest BCUT2D eigenvalue weighted by atomic mass is 32.1. The Labute approximate surface area is 230 Å². The molecule has 0 radical (unpaired) electrons. The first-order valence-electron chi connectivity index (χ1n) is 12.9. The topological polar surface area (TPSA) is 50.3 Å². The summed E-state index contributed by atoms with van der Waals surface area (Å²) in [5.41, 5.74) is 6.54. The summed E-state index contributed by atoms with van der Waals surface area (Å²) >= 11 is 1.61. The molecule has 0 fully saturated rings. The molecule has 0 atom stereocenters. The minimum Gasteiger partial charge on any atom is -0.295 e. The molecule has 2 aliphatic carbocycles. The molecule has 0 bridgehead atoms. The molecule has 4 nitrogen and oxygen atoms in total. The Morgan fingerprint density at radius 2 is 1.28 bits per heavy atom. The first-order valence-corrected chi connectivity index (χ1v) is 13.7. The molecule has 0 aliphatic heterocycles. The molecule has 7 rings (SSSR count). The third-order valence-corrected chi connectivity index (χ3v) is 8.80. The van der Waals surface area contributed by atoms with E-state index in [0.29, 0.717) is 11.1 Å². The van der Waals surface area contributed by atoms with Crippen LogP contribution in [-0.4, -0.2) is 16.6 Å². The Bertz CT molecular complexity index is 1740. The largest absolute Gasteiger partial charge is 0.295 e. The lowest BCUT2D eigenvalue weighted by Gasteiger charge is -2.27. The quantitative estimate of drug-likeness (QED) is 0.175. The lowest BCUT2D eigenvalue weighted by molar-refractivity contribution is 0.0990. The molecule has 2 aromatic heterocycles. The van der Waals surface area contributed by atoms with Crippen LogP contribution in [0.1, 0.15) is 50.6 Å². The summed E-state index contributed by atoms with van der Waals surface area (Å²) < 4.78 is 0. The van der Waals surface area contributed by atoms with Gasteiger partial charge in [0.25, 0.3) is 0 Å². The van der Waals surface area contributed by atoms with Gasteiger partial charge in [-0.1, -0.05) is 74.5 Å². The number of carbonyl (C=O) groups is 2. The van der Waals surface area contributed by atoms with Gasteiger partial charge < -0.3 is 0 Å². The van der Waals surface area contributed by atoms with Gasteiger partial charge in [-0.25, -0.2) is 4.98 Å².